The molecule has 0 aliphatic carbocycles. The van der Waals surface area contributed by atoms with Crippen molar-refractivity contribution in [3.8, 4) is 16.9 Å². The fourth-order valence-electron chi connectivity index (χ4n) is 2.31. The highest BCUT2D eigenvalue weighted by atomic mass is 35.5. The third-order valence-corrected chi connectivity index (χ3v) is 3.62. The van der Waals surface area contributed by atoms with Gasteiger partial charge in [0, 0.05) is 23.6 Å². The quantitative estimate of drug-likeness (QED) is 0.584. The van der Waals surface area contributed by atoms with Gasteiger partial charge in [0.2, 0.25) is 6.41 Å². The number of nitrogens with zero attached hydrogens (tertiary/aromatic N) is 1. The molecule has 0 unspecified atom stereocenters. The first kappa shape index (κ1) is 16.8. The van der Waals surface area contributed by atoms with Crippen molar-refractivity contribution in [1.29, 1.82) is 0 Å². The first-order valence-corrected chi connectivity index (χ1v) is 7.39. The van der Waals surface area contributed by atoms with Gasteiger partial charge in [-0.2, -0.15) is 0 Å². The summed E-state index contributed by atoms with van der Waals surface area (Å²) in [5.41, 5.74) is 6.81. The van der Waals surface area contributed by atoms with Crippen molar-refractivity contribution in [3.63, 3.8) is 0 Å². The molecule has 2 heterocycles. The number of benzene rings is 1. The molecular formula is C17H17ClN2O3. The number of carbonyl (C=O) groups excluding carboxylic acids is 1. The summed E-state index contributed by atoms with van der Waals surface area (Å²) in [6, 6.07) is 9.74. The number of fused-ring (bicyclic) bond motifs is 1. The van der Waals surface area contributed by atoms with Crippen molar-refractivity contribution in [3.05, 3.63) is 47.4 Å². The SMILES string of the molecule is CCc1cc2c(-c3cccnc3Cl)ccc(OC)c2o1.NC=O. The molecule has 1 aromatic carbocycles. The molecule has 0 aliphatic rings. The molecule has 0 aliphatic heterocycles. The number of ether oxygens (including phenoxy) is 1. The molecule has 6 heteroatoms. The summed E-state index contributed by atoms with van der Waals surface area (Å²) < 4.78 is 11.2. The van der Waals surface area contributed by atoms with Crippen molar-refractivity contribution in [2.24, 2.45) is 5.73 Å². The van der Waals surface area contributed by atoms with Crippen LogP contribution in [-0.4, -0.2) is 18.5 Å². The Kier molecular flexibility index (Phi) is 5.60. The Morgan fingerprint density at radius 1 is 1.35 bits per heavy atom. The molecule has 2 aromatic heterocycles. The van der Waals surface area contributed by atoms with Gasteiger partial charge in [0.1, 0.15) is 10.9 Å². The number of pyridine rings is 1. The van der Waals surface area contributed by atoms with Gasteiger partial charge in [-0.05, 0) is 35.9 Å². The van der Waals surface area contributed by atoms with Crippen LogP contribution in [0.15, 0.2) is 40.9 Å². The molecule has 0 saturated carbocycles. The summed E-state index contributed by atoms with van der Waals surface area (Å²) in [6.07, 6.45) is 2.76. The number of rotatable bonds is 3. The lowest BCUT2D eigenvalue weighted by Gasteiger charge is -2.07. The van der Waals surface area contributed by atoms with Crippen LogP contribution in [0.3, 0.4) is 0 Å². The van der Waals surface area contributed by atoms with Crippen LogP contribution in [0.4, 0.5) is 0 Å². The van der Waals surface area contributed by atoms with E-state index in [9.17, 15) is 0 Å². The molecule has 0 saturated heterocycles. The van der Waals surface area contributed by atoms with Crippen LogP contribution >= 0.6 is 11.6 Å². The molecular weight excluding hydrogens is 316 g/mol. The molecule has 2 N–H and O–H groups in total. The largest absolute Gasteiger partial charge is 0.493 e. The number of amides is 1. The zero-order chi connectivity index (χ0) is 16.8. The molecule has 0 atom stereocenters. The molecule has 0 radical (unpaired) electrons. The fraction of sp³-hybridized carbons (Fsp3) is 0.176. The highest BCUT2D eigenvalue weighted by Gasteiger charge is 2.15. The summed E-state index contributed by atoms with van der Waals surface area (Å²) in [7, 11) is 1.64. The number of halogens is 1. The average Bonchev–Trinajstić information content (AvgIpc) is 3.00. The molecule has 0 spiro atoms. The van der Waals surface area contributed by atoms with Gasteiger partial charge in [0.15, 0.2) is 11.3 Å². The van der Waals surface area contributed by atoms with E-state index in [0.717, 1.165) is 40.0 Å². The van der Waals surface area contributed by atoms with Gasteiger partial charge in [0.25, 0.3) is 0 Å². The number of aromatic nitrogens is 1. The van der Waals surface area contributed by atoms with Gasteiger partial charge < -0.3 is 14.9 Å². The Balaban J connectivity index is 0.000000595. The number of carbonyl (C=O) groups is 1. The summed E-state index contributed by atoms with van der Waals surface area (Å²) in [6.45, 7) is 2.06. The van der Waals surface area contributed by atoms with Crippen molar-refractivity contribution >= 4 is 29.0 Å². The predicted octanol–water partition coefficient (Wildman–Crippen LogP) is 3.82. The lowest BCUT2D eigenvalue weighted by atomic mass is 10.0. The van der Waals surface area contributed by atoms with Gasteiger partial charge in [0.05, 0.1) is 7.11 Å². The van der Waals surface area contributed by atoms with Crippen molar-refractivity contribution in [2.75, 3.05) is 7.11 Å². The van der Waals surface area contributed by atoms with Crippen LogP contribution < -0.4 is 10.5 Å². The molecule has 3 rings (SSSR count). The lowest BCUT2D eigenvalue weighted by molar-refractivity contribution is -0.106. The summed E-state index contributed by atoms with van der Waals surface area (Å²) in [5.74, 6) is 1.65. The molecule has 1 amide bonds. The zero-order valence-electron chi connectivity index (χ0n) is 12.9. The van der Waals surface area contributed by atoms with Gasteiger partial charge in [-0.15, -0.1) is 0 Å². The second-order valence-electron chi connectivity index (χ2n) is 4.60. The van der Waals surface area contributed by atoms with Crippen LogP contribution in [0.5, 0.6) is 5.75 Å². The summed E-state index contributed by atoms with van der Waals surface area (Å²) in [4.78, 5) is 12.7. The first-order chi connectivity index (χ1) is 11.2. The van der Waals surface area contributed by atoms with Crippen LogP contribution in [0.25, 0.3) is 22.1 Å². The lowest BCUT2D eigenvalue weighted by Crippen LogP contribution is -1.87. The fourth-order valence-corrected chi connectivity index (χ4v) is 2.53. The zero-order valence-corrected chi connectivity index (χ0v) is 13.6. The molecule has 3 aromatic rings. The van der Waals surface area contributed by atoms with Gasteiger partial charge in [-0.1, -0.05) is 18.5 Å². The van der Waals surface area contributed by atoms with Crippen LogP contribution in [0.2, 0.25) is 5.15 Å². The second-order valence-corrected chi connectivity index (χ2v) is 4.96. The van der Waals surface area contributed by atoms with Crippen LogP contribution in [0, 0.1) is 0 Å². The molecule has 23 heavy (non-hydrogen) atoms. The first-order valence-electron chi connectivity index (χ1n) is 7.01. The van der Waals surface area contributed by atoms with E-state index in [1.165, 1.54) is 0 Å². The van der Waals surface area contributed by atoms with Gasteiger partial charge >= 0.3 is 0 Å². The van der Waals surface area contributed by atoms with E-state index in [2.05, 4.69) is 17.6 Å². The number of hydrogen-bond donors (Lipinski definition) is 1. The Labute approximate surface area is 139 Å². The van der Waals surface area contributed by atoms with E-state index in [1.807, 2.05) is 30.3 Å². The Morgan fingerprint density at radius 2 is 2.09 bits per heavy atom. The molecule has 0 fully saturated rings. The minimum Gasteiger partial charge on any atom is -0.493 e. The maximum Gasteiger partial charge on any atom is 0.204 e. The number of primary amides is 1. The second kappa shape index (κ2) is 7.65. The van der Waals surface area contributed by atoms with Crippen molar-refractivity contribution in [2.45, 2.75) is 13.3 Å². The van der Waals surface area contributed by atoms with E-state index < -0.39 is 0 Å². The number of furan rings is 1. The van der Waals surface area contributed by atoms with Gasteiger partial charge in [-0.25, -0.2) is 4.98 Å². The maximum absolute atomic E-state index is 8.58. The van der Waals surface area contributed by atoms with Gasteiger partial charge in [-0.3, -0.25) is 4.79 Å². The third-order valence-electron chi connectivity index (χ3n) is 3.32. The highest BCUT2D eigenvalue weighted by molar-refractivity contribution is 6.32. The Hall–Kier alpha value is -2.53. The smallest absolute Gasteiger partial charge is 0.204 e. The monoisotopic (exact) mass is 332 g/mol. The average molecular weight is 333 g/mol. The van der Waals surface area contributed by atoms with Crippen molar-refractivity contribution < 1.29 is 13.9 Å². The molecule has 5 nitrogen and oxygen atoms in total. The topological polar surface area (TPSA) is 78.3 Å². The Bertz CT molecular complexity index is 815. The summed E-state index contributed by atoms with van der Waals surface area (Å²) >= 11 is 6.20. The minimum absolute atomic E-state index is 0.250. The molecule has 0 bridgehead atoms. The number of hydrogen-bond acceptors (Lipinski definition) is 4. The van der Waals surface area contributed by atoms with E-state index in [-0.39, 0.29) is 6.41 Å². The van der Waals surface area contributed by atoms with E-state index in [1.54, 1.807) is 13.3 Å². The van der Waals surface area contributed by atoms with E-state index in [4.69, 9.17) is 25.5 Å². The summed E-state index contributed by atoms with van der Waals surface area (Å²) in [5, 5.41) is 1.48. The standard InChI is InChI=1S/C16H14ClNO2.CH3NO/c1-3-10-9-13-11(12-5-4-8-18-16(12)17)6-7-14(19-2)15(13)20-10;2-1-3/h4-9H,3H2,1-2H3;1H,(H2,2,3). The predicted molar refractivity (Wildman–Crippen MR) is 90.6 cm³/mol. The van der Waals surface area contributed by atoms with Crippen molar-refractivity contribution in [1.82, 2.24) is 4.98 Å². The Morgan fingerprint density at radius 3 is 2.70 bits per heavy atom. The highest BCUT2D eigenvalue weighted by Crippen LogP contribution is 2.38. The molecule has 120 valence electrons. The normalized spacial score (nSPS) is 10.0. The van der Waals surface area contributed by atoms with Crippen LogP contribution in [0.1, 0.15) is 12.7 Å². The van der Waals surface area contributed by atoms with E-state index in [0.29, 0.717) is 5.15 Å². The number of methoxy groups -OCH3 is 1. The van der Waals surface area contributed by atoms with E-state index >= 15 is 0 Å². The minimum atomic E-state index is 0.250. The third kappa shape index (κ3) is 3.46. The number of aryl methyl sites for hydroxylation is 1. The van der Waals surface area contributed by atoms with Crippen LogP contribution in [-0.2, 0) is 11.2 Å². The maximum atomic E-state index is 8.58. The number of nitrogens with two attached hydrogens (primary N) is 1.